The summed E-state index contributed by atoms with van der Waals surface area (Å²) in [4.78, 5) is 13.1. The molecule has 2 aromatic heterocycles. The Balaban J connectivity index is 1.68. The highest BCUT2D eigenvalue weighted by molar-refractivity contribution is 6.02. The van der Waals surface area contributed by atoms with E-state index < -0.39 is 5.91 Å². The molecule has 13 heteroatoms. The third-order valence-electron chi connectivity index (χ3n) is 4.94. The van der Waals surface area contributed by atoms with Crippen LogP contribution in [0.15, 0.2) is 52.2 Å². The average molecular weight is 478 g/mol. The van der Waals surface area contributed by atoms with Crippen LogP contribution in [0.25, 0.3) is 17.1 Å². The molecule has 0 aliphatic carbocycles. The predicted octanol–water partition coefficient (Wildman–Crippen LogP) is 2.17. The number of ether oxygens (including phenoxy) is 2. The van der Waals surface area contributed by atoms with Crippen LogP contribution < -0.4 is 20.6 Å². The summed E-state index contributed by atoms with van der Waals surface area (Å²) in [7, 11) is 1.44. The van der Waals surface area contributed by atoms with E-state index in [1.54, 1.807) is 43.3 Å². The molecule has 2 aromatic carbocycles. The fourth-order valence-electron chi connectivity index (χ4n) is 3.21. The van der Waals surface area contributed by atoms with Gasteiger partial charge in [0.15, 0.2) is 17.2 Å². The van der Waals surface area contributed by atoms with Gasteiger partial charge in [0.2, 0.25) is 11.6 Å². The normalized spacial score (nSPS) is 11.3. The van der Waals surface area contributed by atoms with E-state index in [0.717, 1.165) is 0 Å². The lowest BCUT2D eigenvalue weighted by Crippen LogP contribution is -2.21. The first-order valence-corrected chi connectivity index (χ1v) is 10.4. The Morgan fingerprint density at radius 3 is 2.66 bits per heavy atom. The fourth-order valence-corrected chi connectivity index (χ4v) is 3.21. The molecule has 0 spiro atoms. The molecule has 4 rings (SSSR count). The number of aromatic nitrogens is 5. The molecule has 0 bridgehead atoms. The zero-order valence-electron chi connectivity index (χ0n) is 19.1. The number of aromatic hydroxyl groups is 1. The van der Waals surface area contributed by atoms with Crippen LogP contribution in [0, 0.1) is 0 Å². The van der Waals surface area contributed by atoms with Gasteiger partial charge in [-0.05, 0) is 66.6 Å². The Kier molecular flexibility index (Phi) is 6.57. The number of nitrogens with zero attached hydrogens (tertiary/aromatic N) is 6. The maximum Gasteiger partial charge on any atom is 0.294 e. The monoisotopic (exact) mass is 478 g/mol. The largest absolute Gasteiger partial charge is 0.504 e. The van der Waals surface area contributed by atoms with Gasteiger partial charge in [-0.3, -0.25) is 4.79 Å². The summed E-state index contributed by atoms with van der Waals surface area (Å²) in [6.45, 7) is 4.09. The zero-order valence-corrected chi connectivity index (χ0v) is 19.1. The number of carbonyl (C=O) groups excluding carboxylic acids is 1. The lowest BCUT2D eigenvalue weighted by molar-refractivity contribution is 0.0950. The molecule has 13 nitrogen and oxygen atoms in total. The smallest absolute Gasteiger partial charge is 0.294 e. The van der Waals surface area contributed by atoms with Gasteiger partial charge in [0.05, 0.1) is 19.4 Å². The lowest BCUT2D eigenvalue weighted by atomic mass is 10.1. The number of anilines is 1. The lowest BCUT2D eigenvalue weighted by Gasteiger charge is -2.08. The highest BCUT2D eigenvalue weighted by Crippen LogP contribution is 2.29. The second kappa shape index (κ2) is 9.91. The zero-order chi connectivity index (χ0) is 24.9. The molecular weight excluding hydrogens is 456 g/mol. The van der Waals surface area contributed by atoms with Crippen LogP contribution in [0.4, 0.5) is 5.82 Å². The summed E-state index contributed by atoms with van der Waals surface area (Å²) in [5.74, 6) is 0.364. The van der Waals surface area contributed by atoms with Crippen LogP contribution in [-0.4, -0.2) is 55.7 Å². The van der Waals surface area contributed by atoms with E-state index in [4.69, 9.17) is 15.2 Å². The van der Waals surface area contributed by atoms with Crippen LogP contribution >= 0.6 is 0 Å². The molecule has 0 unspecified atom stereocenters. The van der Waals surface area contributed by atoms with Crippen LogP contribution in [0.1, 0.15) is 29.9 Å². The van der Waals surface area contributed by atoms with Gasteiger partial charge in [0.25, 0.3) is 5.91 Å². The summed E-state index contributed by atoms with van der Waals surface area (Å²) in [5.41, 5.74) is 10.3. The van der Waals surface area contributed by atoms with E-state index in [-0.39, 0.29) is 28.8 Å². The molecule has 180 valence electrons. The highest BCUT2D eigenvalue weighted by atomic mass is 16.6. The van der Waals surface area contributed by atoms with Crippen molar-refractivity contribution in [2.24, 2.45) is 5.10 Å². The van der Waals surface area contributed by atoms with Crippen molar-refractivity contribution in [1.29, 1.82) is 0 Å². The number of rotatable bonds is 8. The Hall–Kier alpha value is -4.94. The molecular formula is C22H22N8O5. The van der Waals surface area contributed by atoms with Gasteiger partial charge in [-0.1, -0.05) is 5.21 Å². The molecule has 4 N–H and O–H groups in total. The molecule has 4 aromatic rings. The van der Waals surface area contributed by atoms with Gasteiger partial charge in [-0.2, -0.15) is 9.78 Å². The molecule has 0 saturated heterocycles. The molecule has 2 heterocycles. The molecule has 0 atom stereocenters. The van der Waals surface area contributed by atoms with E-state index in [1.807, 2.05) is 6.92 Å². The summed E-state index contributed by atoms with van der Waals surface area (Å²) >= 11 is 0. The number of nitrogens with two attached hydrogens (primary N) is 1. The molecule has 1 amide bonds. The number of hydrazone groups is 1. The third-order valence-corrected chi connectivity index (χ3v) is 4.94. The van der Waals surface area contributed by atoms with Crippen molar-refractivity contribution in [2.45, 2.75) is 13.8 Å². The summed E-state index contributed by atoms with van der Waals surface area (Å²) in [6.07, 6.45) is 0. The second-order valence-corrected chi connectivity index (χ2v) is 7.15. The van der Waals surface area contributed by atoms with E-state index >= 15 is 0 Å². The summed E-state index contributed by atoms with van der Waals surface area (Å²) < 4.78 is 16.6. The van der Waals surface area contributed by atoms with Crippen molar-refractivity contribution < 1.29 is 24.0 Å². The number of phenolic OH excluding ortho intramolecular Hbond substituents is 1. The number of methoxy groups -OCH3 is 1. The van der Waals surface area contributed by atoms with Crippen molar-refractivity contribution in [1.82, 2.24) is 30.7 Å². The Morgan fingerprint density at radius 2 is 2.00 bits per heavy atom. The average Bonchev–Trinajstić information content (AvgIpc) is 3.49. The maximum absolute atomic E-state index is 13.1. The van der Waals surface area contributed by atoms with Gasteiger partial charge >= 0.3 is 0 Å². The molecule has 0 fully saturated rings. The minimum atomic E-state index is -0.625. The van der Waals surface area contributed by atoms with E-state index in [1.165, 1.54) is 17.9 Å². The number of hydrogen-bond donors (Lipinski definition) is 3. The number of hydrogen-bond acceptors (Lipinski definition) is 11. The van der Waals surface area contributed by atoms with Crippen molar-refractivity contribution >= 4 is 17.4 Å². The fraction of sp³-hybridized carbons (Fsp3) is 0.182. The number of carbonyl (C=O) groups is 1. The topological polar surface area (TPSA) is 176 Å². The Morgan fingerprint density at radius 1 is 1.23 bits per heavy atom. The van der Waals surface area contributed by atoms with Crippen molar-refractivity contribution in [2.75, 3.05) is 19.5 Å². The first-order chi connectivity index (χ1) is 16.9. The molecule has 0 aliphatic rings. The minimum Gasteiger partial charge on any atom is -0.504 e. The van der Waals surface area contributed by atoms with Crippen LogP contribution in [0.3, 0.4) is 0 Å². The van der Waals surface area contributed by atoms with E-state index in [0.29, 0.717) is 34.9 Å². The van der Waals surface area contributed by atoms with E-state index in [9.17, 15) is 9.90 Å². The quantitative estimate of drug-likeness (QED) is 0.251. The first kappa shape index (κ1) is 23.2. The van der Waals surface area contributed by atoms with Crippen LogP contribution in [0.5, 0.6) is 17.2 Å². The Bertz CT molecular complexity index is 1380. The second-order valence-electron chi connectivity index (χ2n) is 7.15. The van der Waals surface area contributed by atoms with E-state index in [2.05, 4.69) is 35.8 Å². The molecule has 0 aliphatic heterocycles. The predicted molar refractivity (Wildman–Crippen MR) is 125 cm³/mol. The number of benzene rings is 2. The molecule has 35 heavy (non-hydrogen) atoms. The number of nitrogens with one attached hydrogen (secondary N) is 1. The number of phenols is 1. The summed E-state index contributed by atoms with van der Waals surface area (Å²) in [6, 6.07) is 11.7. The SMILES string of the molecule is CCOc1ccc(-c2c(C(=O)NN=C(C)c3ccc(O)c(OC)c3)nnn2-c2nonc2N)cc1. The van der Waals surface area contributed by atoms with Gasteiger partial charge in [-0.25, -0.2) is 10.1 Å². The maximum atomic E-state index is 13.1. The summed E-state index contributed by atoms with van der Waals surface area (Å²) in [5, 5.41) is 29.3. The Labute approximate surface area is 199 Å². The standard InChI is InChI=1S/C22H22N8O5/c1-4-34-15-8-5-13(6-9-15)19-18(25-29-30(19)21-20(23)27-35-28-21)22(32)26-24-12(2)14-7-10-16(31)17(11-14)33-3/h5-11,31H,4H2,1-3H3,(H2,23,27)(H,26,32). The van der Waals surface area contributed by atoms with Crippen molar-refractivity contribution in [3.63, 3.8) is 0 Å². The van der Waals surface area contributed by atoms with Gasteiger partial charge < -0.3 is 20.3 Å². The minimum absolute atomic E-state index is 0.00804. The third kappa shape index (κ3) is 4.73. The molecule has 0 saturated carbocycles. The number of nitrogen functional groups attached to an aromatic ring is 1. The molecule has 0 radical (unpaired) electrons. The van der Waals surface area contributed by atoms with Crippen LogP contribution in [0.2, 0.25) is 0 Å². The van der Waals surface area contributed by atoms with Gasteiger partial charge in [0.1, 0.15) is 11.4 Å². The van der Waals surface area contributed by atoms with Crippen LogP contribution in [-0.2, 0) is 0 Å². The van der Waals surface area contributed by atoms with Gasteiger partial charge in [-0.15, -0.1) is 5.10 Å². The first-order valence-electron chi connectivity index (χ1n) is 10.4. The number of amides is 1. The van der Waals surface area contributed by atoms with Crippen molar-refractivity contribution in [3.05, 3.63) is 53.7 Å². The highest BCUT2D eigenvalue weighted by Gasteiger charge is 2.25. The van der Waals surface area contributed by atoms with Gasteiger partial charge in [0, 0.05) is 11.1 Å². The van der Waals surface area contributed by atoms with Crippen molar-refractivity contribution in [3.8, 4) is 34.3 Å².